The lowest BCUT2D eigenvalue weighted by molar-refractivity contribution is -0.129. The average molecular weight is 462 g/mol. The fourth-order valence-corrected chi connectivity index (χ4v) is 3.08. The monoisotopic (exact) mass is 461 g/mol. The summed E-state index contributed by atoms with van der Waals surface area (Å²) in [5.41, 5.74) is 7.33. The van der Waals surface area contributed by atoms with Crippen molar-refractivity contribution in [3.63, 3.8) is 0 Å². The number of amides is 1. The minimum absolute atomic E-state index is 0.102. The van der Waals surface area contributed by atoms with E-state index in [0.29, 0.717) is 11.0 Å². The van der Waals surface area contributed by atoms with Crippen LogP contribution in [0.5, 0.6) is 11.6 Å². The molecule has 3 aromatic rings. The maximum absolute atomic E-state index is 11.5. The van der Waals surface area contributed by atoms with Crippen LogP contribution in [0.4, 0.5) is 10.5 Å². The second kappa shape index (κ2) is 9.29. The molecule has 1 aromatic carbocycles. The number of halogens is 2. The summed E-state index contributed by atoms with van der Waals surface area (Å²) in [6.07, 6.45) is 1.86. The number of fused-ring (bicyclic) bond motifs is 1. The lowest BCUT2D eigenvalue weighted by Gasteiger charge is -2.11. The van der Waals surface area contributed by atoms with Gasteiger partial charge in [-0.3, -0.25) is 5.43 Å². The van der Waals surface area contributed by atoms with Crippen molar-refractivity contribution < 1.29 is 19.1 Å². The predicted molar refractivity (Wildman–Crippen MR) is 112 cm³/mol. The summed E-state index contributed by atoms with van der Waals surface area (Å²) >= 11 is 12.6. The molecule has 0 aliphatic carbocycles. The first kappa shape index (κ1) is 21.8. The number of primary amides is 1. The molecule has 0 bridgehead atoms. The molecule has 2 aromatic heterocycles. The zero-order valence-electron chi connectivity index (χ0n) is 15.8. The first-order chi connectivity index (χ1) is 14.8. The van der Waals surface area contributed by atoms with Crippen molar-refractivity contribution in [2.24, 2.45) is 10.8 Å². The maximum Gasteiger partial charge on any atom is 0.412 e. The van der Waals surface area contributed by atoms with Crippen molar-refractivity contribution in [2.75, 3.05) is 5.43 Å². The van der Waals surface area contributed by atoms with E-state index in [1.165, 1.54) is 24.5 Å². The van der Waals surface area contributed by atoms with Crippen molar-refractivity contribution in [3.8, 4) is 17.7 Å². The molecule has 0 radical (unpaired) electrons. The van der Waals surface area contributed by atoms with E-state index in [1.54, 1.807) is 0 Å². The van der Waals surface area contributed by atoms with Gasteiger partial charge in [0.2, 0.25) is 11.6 Å². The Labute approximate surface area is 185 Å². The van der Waals surface area contributed by atoms with Crippen LogP contribution in [0.3, 0.4) is 0 Å². The molecule has 1 amide bonds. The number of nitriles is 1. The Morgan fingerprint density at radius 2 is 2.03 bits per heavy atom. The van der Waals surface area contributed by atoms with Crippen molar-refractivity contribution in [1.82, 2.24) is 14.5 Å². The van der Waals surface area contributed by atoms with Crippen LogP contribution in [-0.4, -0.2) is 32.3 Å². The van der Waals surface area contributed by atoms with Gasteiger partial charge in [-0.2, -0.15) is 10.4 Å². The first-order valence-corrected chi connectivity index (χ1v) is 9.31. The van der Waals surface area contributed by atoms with Gasteiger partial charge in [0.05, 0.1) is 21.1 Å². The van der Waals surface area contributed by atoms with Gasteiger partial charge in [0, 0.05) is 12.7 Å². The van der Waals surface area contributed by atoms with Crippen LogP contribution in [0, 0.1) is 11.3 Å². The van der Waals surface area contributed by atoms with E-state index in [2.05, 4.69) is 25.2 Å². The molecule has 2 heterocycles. The minimum atomic E-state index is -1.37. The highest BCUT2D eigenvalue weighted by Crippen LogP contribution is 2.39. The molecule has 3 N–H and O–H groups in total. The number of esters is 1. The third-order valence-corrected chi connectivity index (χ3v) is 4.41. The molecule has 0 saturated heterocycles. The standard InChI is InChI=1S/C18H13Cl2N7O4/c1-2-27-4-3-10-15(27)23-8-24-16(10)30-14-11(19)5-9(6-12(14)20)25-26-13(7-21)17(28)31-18(22)29/h3-6,8,25H,2H2,1H3,(H2,22,29). The maximum atomic E-state index is 11.5. The van der Waals surface area contributed by atoms with Crippen LogP contribution >= 0.6 is 23.2 Å². The summed E-state index contributed by atoms with van der Waals surface area (Å²) < 4.78 is 11.8. The number of nitrogens with zero attached hydrogens (tertiary/aromatic N) is 5. The normalized spacial score (nSPS) is 11.1. The lowest BCUT2D eigenvalue weighted by atomic mass is 10.3. The van der Waals surface area contributed by atoms with E-state index >= 15 is 0 Å². The SMILES string of the molecule is CCn1ccc2c(Oc3c(Cl)cc(NN=C(C#N)C(=O)OC(N)=O)cc3Cl)ncnc21. The van der Waals surface area contributed by atoms with Crippen LogP contribution in [0.25, 0.3) is 11.0 Å². The molecule has 0 unspecified atom stereocenters. The molecule has 0 saturated carbocycles. The van der Waals surface area contributed by atoms with E-state index < -0.39 is 17.8 Å². The molecule has 13 heteroatoms. The Kier molecular flexibility index (Phi) is 6.54. The van der Waals surface area contributed by atoms with E-state index in [0.717, 1.165) is 6.54 Å². The van der Waals surface area contributed by atoms with Gasteiger partial charge in [-0.05, 0) is 25.1 Å². The topological polar surface area (TPSA) is 158 Å². The number of carbonyl (C=O) groups excluding carboxylic acids is 2. The number of carbonyl (C=O) groups is 2. The number of hydrogen-bond acceptors (Lipinski definition) is 9. The largest absolute Gasteiger partial charge is 0.435 e. The molecule has 0 aliphatic rings. The number of ether oxygens (including phenoxy) is 2. The highest BCUT2D eigenvalue weighted by Gasteiger charge is 2.17. The molecule has 0 fully saturated rings. The zero-order valence-corrected chi connectivity index (χ0v) is 17.3. The van der Waals surface area contributed by atoms with Gasteiger partial charge < -0.3 is 19.8 Å². The lowest BCUT2D eigenvalue weighted by Crippen LogP contribution is -2.24. The Morgan fingerprint density at radius 1 is 1.32 bits per heavy atom. The molecular weight excluding hydrogens is 449 g/mol. The third kappa shape index (κ3) is 4.82. The predicted octanol–water partition coefficient (Wildman–Crippen LogP) is 3.46. The molecule has 3 rings (SSSR count). The molecule has 158 valence electrons. The molecule has 0 spiro atoms. The second-order valence-corrected chi connectivity index (χ2v) is 6.60. The van der Waals surface area contributed by atoms with Crippen molar-refractivity contribution >= 4 is 57.7 Å². The highest BCUT2D eigenvalue weighted by atomic mass is 35.5. The molecule has 0 aliphatic heterocycles. The van der Waals surface area contributed by atoms with E-state index in [1.807, 2.05) is 23.8 Å². The number of rotatable bonds is 6. The number of hydrazone groups is 1. The Morgan fingerprint density at radius 3 is 2.65 bits per heavy atom. The van der Waals surface area contributed by atoms with Crippen LogP contribution in [0.15, 0.2) is 35.8 Å². The van der Waals surface area contributed by atoms with Crippen molar-refractivity contribution in [3.05, 3.63) is 40.8 Å². The summed E-state index contributed by atoms with van der Waals surface area (Å²) in [6.45, 7) is 2.70. The summed E-state index contributed by atoms with van der Waals surface area (Å²) in [7, 11) is 0. The molecule has 0 atom stereocenters. The number of hydrogen-bond donors (Lipinski definition) is 2. The van der Waals surface area contributed by atoms with Gasteiger partial charge in [-0.15, -0.1) is 0 Å². The summed E-state index contributed by atoms with van der Waals surface area (Å²) in [6, 6.07) is 6.09. The van der Waals surface area contributed by atoms with Gasteiger partial charge in [0.25, 0.3) is 0 Å². The second-order valence-electron chi connectivity index (χ2n) is 5.78. The summed E-state index contributed by atoms with van der Waals surface area (Å²) in [5, 5.41) is 13.4. The van der Waals surface area contributed by atoms with Gasteiger partial charge in [0.1, 0.15) is 18.0 Å². The van der Waals surface area contributed by atoms with E-state index in [9.17, 15) is 9.59 Å². The van der Waals surface area contributed by atoms with E-state index in [-0.39, 0.29) is 27.4 Å². The third-order valence-electron chi connectivity index (χ3n) is 3.85. The fraction of sp³-hybridized carbons (Fsp3) is 0.111. The van der Waals surface area contributed by atoms with Crippen molar-refractivity contribution in [1.29, 1.82) is 5.26 Å². The summed E-state index contributed by atoms with van der Waals surface area (Å²) in [4.78, 5) is 30.5. The summed E-state index contributed by atoms with van der Waals surface area (Å²) in [5.74, 6) is -0.914. The smallest absolute Gasteiger partial charge is 0.412 e. The van der Waals surface area contributed by atoms with Gasteiger partial charge in [0.15, 0.2) is 5.75 Å². The quantitative estimate of drug-likeness (QED) is 0.244. The Bertz CT molecular complexity index is 1230. The Hall–Kier alpha value is -3.88. The van der Waals surface area contributed by atoms with Crippen LogP contribution in [0.2, 0.25) is 10.0 Å². The number of aryl methyl sites for hydroxylation is 1. The number of nitrogens with two attached hydrogens (primary N) is 1. The van der Waals surface area contributed by atoms with Crippen LogP contribution in [-0.2, 0) is 16.1 Å². The fourth-order valence-electron chi connectivity index (χ4n) is 2.51. The van der Waals surface area contributed by atoms with E-state index in [4.69, 9.17) is 38.9 Å². The minimum Gasteiger partial charge on any atom is -0.435 e. The number of nitrogens with one attached hydrogen (secondary N) is 1. The van der Waals surface area contributed by atoms with Gasteiger partial charge in [-0.25, -0.2) is 19.6 Å². The van der Waals surface area contributed by atoms with Crippen molar-refractivity contribution in [2.45, 2.75) is 13.5 Å². The molecule has 11 nitrogen and oxygen atoms in total. The van der Waals surface area contributed by atoms with Crippen LogP contribution < -0.4 is 15.9 Å². The highest BCUT2D eigenvalue weighted by molar-refractivity contribution is 6.44. The average Bonchev–Trinajstić information content (AvgIpc) is 3.14. The first-order valence-electron chi connectivity index (χ1n) is 8.56. The van der Waals surface area contributed by atoms with Gasteiger partial charge >= 0.3 is 12.1 Å². The molecular formula is C18H13Cl2N7O4. The van der Waals surface area contributed by atoms with Crippen LogP contribution in [0.1, 0.15) is 6.92 Å². The molecule has 31 heavy (non-hydrogen) atoms. The number of benzene rings is 1. The number of aromatic nitrogens is 3. The van der Waals surface area contributed by atoms with Gasteiger partial charge in [-0.1, -0.05) is 23.2 Å². The number of anilines is 1. The zero-order chi connectivity index (χ0) is 22.5. The Balaban J connectivity index is 1.85.